The minimum atomic E-state index is -4.03. The quantitative estimate of drug-likeness (QED) is 0.272. The van der Waals surface area contributed by atoms with Gasteiger partial charge in [0.15, 0.2) is 23.0 Å². The van der Waals surface area contributed by atoms with Gasteiger partial charge >= 0.3 is 6.03 Å². The summed E-state index contributed by atoms with van der Waals surface area (Å²) in [6.07, 6.45) is 2.56. The molecule has 0 aliphatic heterocycles. The van der Waals surface area contributed by atoms with E-state index in [0.717, 1.165) is 21.7 Å². The van der Waals surface area contributed by atoms with E-state index in [1.54, 1.807) is 12.1 Å². The van der Waals surface area contributed by atoms with Crippen molar-refractivity contribution in [3.05, 3.63) is 76.5 Å². The molecule has 2 aromatic carbocycles. The van der Waals surface area contributed by atoms with Crippen molar-refractivity contribution in [1.29, 1.82) is 0 Å². The van der Waals surface area contributed by atoms with Crippen LogP contribution in [0.25, 0.3) is 11.0 Å². The van der Waals surface area contributed by atoms with Crippen LogP contribution in [0.1, 0.15) is 5.56 Å². The molecule has 2 N–H and O–H groups in total. The Labute approximate surface area is 219 Å². The van der Waals surface area contributed by atoms with Gasteiger partial charge in [0.05, 0.1) is 16.9 Å². The number of ether oxygens (including phenoxy) is 2. The SMILES string of the molecule is COCCNC(=O)Nc1cc(F)c(Oc2ccnc3c2c(Br)cn3S(=O)(=O)c2ccc(C)cc2)c(F)c1. The first-order chi connectivity index (χ1) is 17.6. The highest BCUT2D eigenvalue weighted by Crippen LogP contribution is 2.38. The van der Waals surface area contributed by atoms with Crippen molar-refractivity contribution in [3.8, 4) is 11.5 Å². The second kappa shape index (κ2) is 10.8. The van der Waals surface area contributed by atoms with Crippen LogP contribution in [0.15, 0.2) is 64.2 Å². The summed E-state index contributed by atoms with van der Waals surface area (Å²) in [6, 6.07) is 8.77. The molecule has 0 saturated carbocycles. The van der Waals surface area contributed by atoms with Crippen molar-refractivity contribution in [3.63, 3.8) is 0 Å². The van der Waals surface area contributed by atoms with Crippen LogP contribution in [0.2, 0.25) is 0 Å². The number of anilines is 1. The maximum absolute atomic E-state index is 14.8. The number of urea groups is 1. The summed E-state index contributed by atoms with van der Waals surface area (Å²) in [7, 11) is -2.56. The van der Waals surface area contributed by atoms with E-state index in [4.69, 9.17) is 9.47 Å². The predicted octanol–water partition coefficient (Wildman–Crippen LogP) is 5.18. The lowest BCUT2D eigenvalue weighted by atomic mass is 10.2. The fourth-order valence-electron chi connectivity index (χ4n) is 3.43. The van der Waals surface area contributed by atoms with Gasteiger partial charge in [0.1, 0.15) is 5.75 Å². The number of aryl methyl sites for hydroxylation is 1. The fourth-order valence-corrected chi connectivity index (χ4v) is 5.46. The second-order valence-corrected chi connectivity index (χ2v) is 10.5. The van der Waals surface area contributed by atoms with Gasteiger partial charge in [-0.25, -0.2) is 30.9 Å². The lowest BCUT2D eigenvalue weighted by molar-refractivity contribution is 0.198. The Bertz CT molecular complexity index is 1550. The Morgan fingerprint density at radius 3 is 2.46 bits per heavy atom. The monoisotopic (exact) mass is 594 g/mol. The largest absolute Gasteiger partial charge is 0.450 e. The highest BCUT2D eigenvalue weighted by atomic mass is 79.9. The highest BCUT2D eigenvalue weighted by Gasteiger charge is 2.25. The van der Waals surface area contributed by atoms with Crippen molar-refractivity contribution in [2.24, 2.45) is 0 Å². The molecule has 0 atom stereocenters. The van der Waals surface area contributed by atoms with Gasteiger partial charge in [-0.1, -0.05) is 17.7 Å². The zero-order chi connectivity index (χ0) is 26.7. The molecule has 0 saturated heterocycles. The van der Waals surface area contributed by atoms with Crippen LogP contribution in [0.3, 0.4) is 0 Å². The molecule has 2 heterocycles. The summed E-state index contributed by atoms with van der Waals surface area (Å²) in [5, 5.41) is 4.98. The number of nitrogens with zero attached hydrogens (tertiary/aromatic N) is 2. The number of rotatable bonds is 8. The van der Waals surface area contributed by atoms with Gasteiger partial charge in [-0.2, -0.15) is 0 Å². The molecule has 194 valence electrons. The number of benzene rings is 2. The van der Waals surface area contributed by atoms with Gasteiger partial charge in [0.25, 0.3) is 10.0 Å². The third kappa shape index (κ3) is 5.58. The molecule has 0 bridgehead atoms. The number of amides is 2. The van der Waals surface area contributed by atoms with Crippen molar-refractivity contribution in [1.82, 2.24) is 14.3 Å². The van der Waals surface area contributed by atoms with Crippen LogP contribution in [-0.4, -0.2) is 43.7 Å². The van der Waals surface area contributed by atoms with Crippen molar-refractivity contribution in [2.45, 2.75) is 11.8 Å². The first-order valence-electron chi connectivity index (χ1n) is 10.8. The fraction of sp³-hybridized carbons (Fsp3) is 0.167. The molecule has 0 aliphatic carbocycles. The zero-order valence-corrected chi connectivity index (χ0v) is 22.0. The number of halogens is 3. The Morgan fingerprint density at radius 2 is 1.81 bits per heavy atom. The van der Waals surface area contributed by atoms with Gasteiger partial charge in [0, 0.05) is 48.3 Å². The first kappa shape index (κ1) is 26.5. The number of hydrogen-bond acceptors (Lipinski definition) is 6. The van der Waals surface area contributed by atoms with Crippen LogP contribution in [0.4, 0.5) is 19.3 Å². The third-order valence-electron chi connectivity index (χ3n) is 5.21. The van der Waals surface area contributed by atoms with Crippen molar-refractivity contribution >= 4 is 48.7 Å². The number of pyridine rings is 1. The maximum Gasteiger partial charge on any atom is 0.319 e. The third-order valence-corrected chi connectivity index (χ3v) is 7.47. The molecule has 0 fully saturated rings. The van der Waals surface area contributed by atoms with Crippen LogP contribution >= 0.6 is 15.9 Å². The highest BCUT2D eigenvalue weighted by molar-refractivity contribution is 9.10. The van der Waals surface area contributed by atoms with Gasteiger partial charge in [-0.15, -0.1) is 0 Å². The van der Waals surface area contributed by atoms with E-state index < -0.39 is 33.4 Å². The molecular weight excluding hydrogens is 574 g/mol. The second-order valence-electron chi connectivity index (χ2n) is 7.84. The first-order valence-corrected chi connectivity index (χ1v) is 13.0. The number of nitrogens with one attached hydrogen (secondary N) is 2. The topological polar surface area (TPSA) is 112 Å². The summed E-state index contributed by atoms with van der Waals surface area (Å²) < 4.78 is 67.8. The summed E-state index contributed by atoms with van der Waals surface area (Å²) in [5.74, 6) is -2.94. The normalized spacial score (nSPS) is 11.5. The zero-order valence-electron chi connectivity index (χ0n) is 19.6. The summed E-state index contributed by atoms with van der Waals surface area (Å²) in [5.41, 5.74) is 0.758. The lowest BCUT2D eigenvalue weighted by Crippen LogP contribution is -2.31. The Hall–Kier alpha value is -3.55. The average molecular weight is 595 g/mol. The van der Waals surface area contributed by atoms with E-state index in [-0.39, 0.29) is 45.0 Å². The number of aromatic nitrogens is 2. The Kier molecular flexibility index (Phi) is 7.76. The van der Waals surface area contributed by atoms with Gasteiger partial charge in [-0.3, -0.25) is 0 Å². The van der Waals surface area contributed by atoms with Crippen LogP contribution in [-0.2, 0) is 14.8 Å². The predicted molar refractivity (Wildman–Crippen MR) is 137 cm³/mol. The molecule has 13 heteroatoms. The maximum atomic E-state index is 14.8. The average Bonchev–Trinajstić information content (AvgIpc) is 3.20. The number of fused-ring (bicyclic) bond motifs is 1. The smallest absolute Gasteiger partial charge is 0.319 e. The standard InChI is InChI=1S/C24H21BrF2N4O5S/c1-14-3-5-16(6-4-14)37(33,34)31-13-17(25)21-20(7-8-28-23(21)31)36-22-18(26)11-15(12-19(22)27)30-24(32)29-9-10-35-2/h3-8,11-13H,9-10H2,1-2H3,(H2,29,30,32). The summed E-state index contributed by atoms with van der Waals surface area (Å²) in [6.45, 7) is 2.31. The summed E-state index contributed by atoms with van der Waals surface area (Å²) in [4.78, 5) is 16.1. The van der Waals surface area contributed by atoms with Crippen molar-refractivity contribution < 1.29 is 31.5 Å². The molecular formula is C24H21BrF2N4O5S. The summed E-state index contributed by atoms with van der Waals surface area (Å²) >= 11 is 3.30. The lowest BCUT2D eigenvalue weighted by Gasteiger charge is -2.12. The van der Waals surface area contributed by atoms with E-state index >= 15 is 0 Å². The van der Waals surface area contributed by atoms with Gasteiger partial charge in [-0.05, 0) is 41.1 Å². The molecule has 4 aromatic rings. The van der Waals surface area contributed by atoms with E-state index in [9.17, 15) is 22.0 Å². The van der Waals surface area contributed by atoms with E-state index in [1.807, 2.05) is 6.92 Å². The Balaban J connectivity index is 1.66. The molecule has 2 amide bonds. The van der Waals surface area contributed by atoms with E-state index in [1.165, 1.54) is 37.7 Å². The van der Waals surface area contributed by atoms with Crippen molar-refractivity contribution in [2.75, 3.05) is 25.6 Å². The van der Waals surface area contributed by atoms with Gasteiger partial charge in [0.2, 0.25) is 0 Å². The Morgan fingerprint density at radius 1 is 1.14 bits per heavy atom. The molecule has 37 heavy (non-hydrogen) atoms. The van der Waals surface area contributed by atoms with E-state index in [0.29, 0.717) is 0 Å². The number of methoxy groups -OCH3 is 1. The molecule has 9 nitrogen and oxygen atoms in total. The van der Waals surface area contributed by atoms with E-state index in [2.05, 4.69) is 31.5 Å². The molecule has 0 radical (unpaired) electrons. The molecule has 0 unspecified atom stereocenters. The number of carbonyl (C=O) groups is 1. The molecule has 2 aromatic heterocycles. The molecule has 4 rings (SSSR count). The number of carbonyl (C=O) groups excluding carboxylic acids is 1. The minimum Gasteiger partial charge on any atom is -0.450 e. The van der Waals surface area contributed by atoms with Gasteiger partial charge < -0.3 is 20.1 Å². The minimum absolute atomic E-state index is 0.00298. The van der Waals surface area contributed by atoms with Crippen LogP contribution in [0, 0.1) is 18.6 Å². The molecule has 0 aliphatic rings. The van der Waals surface area contributed by atoms with Crippen LogP contribution in [0.5, 0.6) is 11.5 Å². The number of hydrogen-bond donors (Lipinski definition) is 2. The van der Waals surface area contributed by atoms with Crippen LogP contribution < -0.4 is 15.4 Å². The molecule has 0 spiro atoms.